The summed E-state index contributed by atoms with van der Waals surface area (Å²) in [5.41, 5.74) is 0.102. The van der Waals surface area contributed by atoms with Gasteiger partial charge in [0.1, 0.15) is 0 Å². The lowest BCUT2D eigenvalue weighted by atomic mass is 9.65. The summed E-state index contributed by atoms with van der Waals surface area (Å²) in [5, 5.41) is 0. The third-order valence-electron chi connectivity index (χ3n) is 3.09. The highest BCUT2D eigenvalue weighted by Crippen LogP contribution is 2.41. The van der Waals surface area contributed by atoms with Crippen LogP contribution in [0.25, 0.3) is 0 Å². The molecule has 14 heavy (non-hydrogen) atoms. The van der Waals surface area contributed by atoms with Gasteiger partial charge in [-0.1, -0.05) is 39.0 Å². The van der Waals surface area contributed by atoms with Crippen LogP contribution in [0, 0.1) is 17.3 Å². The molecule has 0 saturated carbocycles. The summed E-state index contributed by atoms with van der Waals surface area (Å²) in [4.78, 5) is 11.9. The number of carbonyl (C=O) groups is 1. The van der Waals surface area contributed by atoms with Crippen molar-refractivity contribution in [3.05, 3.63) is 24.3 Å². The summed E-state index contributed by atoms with van der Waals surface area (Å²) < 4.78 is 0. The zero-order valence-electron chi connectivity index (χ0n) is 9.58. The van der Waals surface area contributed by atoms with Crippen LogP contribution in [-0.2, 0) is 4.79 Å². The molecule has 1 nitrogen and oxygen atoms in total. The lowest BCUT2D eigenvalue weighted by Crippen LogP contribution is -2.36. The fraction of sp³-hybridized carbons (Fsp3) is 0.615. The van der Waals surface area contributed by atoms with Crippen molar-refractivity contribution in [2.45, 2.75) is 34.1 Å². The summed E-state index contributed by atoms with van der Waals surface area (Å²) in [6.45, 7) is 8.38. The van der Waals surface area contributed by atoms with E-state index in [1.165, 1.54) is 0 Å². The first kappa shape index (κ1) is 11.2. The summed E-state index contributed by atoms with van der Waals surface area (Å²) in [6.07, 6.45) is 8.91. The Morgan fingerprint density at radius 1 is 1.50 bits per heavy atom. The van der Waals surface area contributed by atoms with Crippen LogP contribution in [0.1, 0.15) is 34.1 Å². The molecule has 0 aromatic carbocycles. The standard InChI is InChI=1S/C13H20O/c1-5-7-11(14)12-10(2)8-6-9-13(12,3)4/h5-8,10,12H,9H2,1-4H3/b7-5-. The van der Waals surface area contributed by atoms with Gasteiger partial charge in [0.25, 0.3) is 0 Å². The van der Waals surface area contributed by atoms with Gasteiger partial charge in [-0.2, -0.15) is 0 Å². The third-order valence-corrected chi connectivity index (χ3v) is 3.09. The Kier molecular flexibility index (Phi) is 3.30. The van der Waals surface area contributed by atoms with Crippen LogP contribution in [0.5, 0.6) is 0 Å². The molecule has 0 N–H and O–H groups in total. The first-order valence-corrected chi connectivity index (χ1v) is 5.32. The van der Waals surface area contributed by atoms with E-state index in [-0.39, 0.29) is 17.1 Å². The van der Waals surface area contributed by atoms with Crippen LogP contribution in [0.4, 0.5) is 0 Å². The summed E-state index contributed by atoms with van der Waals surface area (Å²) in [6, 6.07) is 0. The fourth-order valence-electron chi connectivity index (χ4n) is 2.45. The highest BCUT2D eigenvalue weighted by Gasteiger charge is 2.38. The molecule has 1 rings (SSSR count). The molecule has 1 heteroatoms. The van der Waals surface area contributed by atoms with E-state index < -0.39 is 0 Å². The molecule has 78 valence electrons. The number of rotatable bonds is 2. The number of ketones is 1. The third kappa shape index (κ3) is 2.14. The van der Waals surface area contributed by atoms with Crippen LogP contribution in [0.3, 0.4) is 0 Å². The van der Waals surface area contributed by atoms with Crippen LogP contribution >= 0.6 is 0 Å². The maximum atomic E-state index is 11.9. The zero-order valence-corrected chi connectivity index (χ0v) is 9.58. The van der Waals surface area contributed by atoms with Crippen molar-refractivity contribution in [3.8, 4) is 0 Å². The van der Waals surface area contributed by atoms with Crippen LogP contribution < -0.4 is 0 Å². The molecule has 2 unspecified atom stereocenters. The van der Waals surface area contributed by atoms with Gasteiger partial charge < -0.3 is 0 Å². The Labute approximate surface area is 86.9 Å². The second-order valence-electron chi connectivity index (χ2n) is 4.86. The quantitative estimate of drug-likeness (QED) is 0.484. The van der Waals surface area contributed by atoms with Crippen LogP contribution in [0.15, 0.2) is 24.3 Å². The first-order valence-electron chi connectivity index (χ1n) is 5.32. The summed E-state index contributed by atoms with van der Waals surface area (Å²) in [5.74, 6) is 0.778. The number of hydrogen-bond donors (Lipinski definition) is 0. The monoisotopic (exact) mass is 192 g/mol. The first-order chi connectivity index (χ1) is 6.49. The van der Waals surface area contributed by atoms with Gasteiger partial charge in [0.2, 0.25) is 0 Å². The van der Waals surface area contributed by atoms with Gasteiger partial charge in [0.05, 0.1) is 0 Å². The molecule has 0 fully saturated rings. The largest absolute Gasteiger partial charge is 0.295 e. The maximum Gasteiger partial charge on any atom is 0.159 e. The predicted molar refractivity (Wildman–Crippen MR) is 60.0 cm³/mol. The Bertz CT molecular complexity index is 271. The Morgan fingerprint density at radius 3 is 2.64 bits per heavy atom. The van der Waals surface area contributed by atoms with Crippen molar-refractivity contribution in [1.29, 1.82) is 0 Å². The van der Waals surface area contributed by atoms with E-state index in [0.29, 0.717) is 5.92 Å². The molecule has 0 spiro atoms. The van der Waals surface area contributed by atoms with E-state index in [9.17, 15) is 4.79 Å². The normalized spacial score (nSPS) is 30.9. The molecule has 0 heterocycles. The van der Waals surface area contributed by atoms with Crippen LogP contribution in [0.2, 0.25) is 0 Å². The highest BCUT2D eigenvalue weighted by atomic mass is 16.1. The van der Waals surface area contributed by atoms with Crippen LogP contribution in [-0.4, -0.2) is 5.78 Å². The molecular formula is C13H20O. The van der Waals surface area contributed by atoms with E-state index in [0.717, 1.165) is 6.42 Å². The van der Waals surface area contributed by atoms with Crippen molar-refractivity contribution in [3.63, 3.8) is 0 Å². The molecule has 2 atom stereocenters. The van der Waals surface area contributed by atoms with E-state index >= 15 is 0 Å². The SMILES string of the molecule is C/C=C\C(=O)C1C(C)C=CCC1(C)C. The van der Waals surface area contributed by atoms with Gasteiger partial charge in [-0.05, 0) is 30.8 Å². The van der Waals surface area contributed by atoms with Gasteiger partial charge in [0.15, 0.2) is 5.78 Å². The van der Waals surface area contributed by atoms with Crippen molar-refractivity contribution in [2.75, 3.05) is 0 Å². The summed E-state index contributed by atoms with van der Waals surface area (Å²) >= 11 is 0. The van der Waals surface area contributed by atoms with E-state index in [1.807, 2.05) is 13.0 Å². The van der Waals surface area contributed by atoms with Gasteiger partial charge in [-0.25, -0.2) is 0 Å². The lowest BCUT2D eigenvalue weighted by molar-refractivity contribution is -0.123. The molecule has 0 bridgehead atoms. The van der Waals surface area contributed by atoms with Gasteiger partial charge >= 0.3 is 0 Å². The second-order valence-corrected chi connectivity index (χ2v) is 4.86. The van der Waals surface area contributed by atoms with E-state index in [2.05, 4.69) is 32.9 Å². The zero-order chi connectivity index (χ0) is 10.8. The van der Waals surface area contributed by atoms with Crippen molar-refractivity contribution in [2.24, 2.45) is 17.3 Å². The number of allylic oxidation sites excluding steroid dienone is 4. The number of carbonyl (C=O) groups excluding carboxylic acids is 1. The van der Waals surface area contributed by atoms with E-state index in [1.54, 1.807) is 6.08 Å². The Hall–Kier alpha value is -0.850. The minimum Gasteiger partial charge on any atom is -0.295 e. The van der Waals surface area contributed by atoms with Crippen molar-refractivity contribution < 1.29 is 4.79 Å². The summed E-state index contributed by atoms with van der Waals surface area (Å²) in [7, 11) is 0. The number of hydrogen-bond acceptors (Lipinski definition) is 1. The molecule has 0 aliphatic heterocycles. The molecule has 1 aliphatic rings. The van der Waals surface area contributed by atoms with Crippen molar-refractivity contribution in [1.82, 2.24) is 0 Å². The van der Waals surface area contributed by atoms with Crippen molar-refractivity contribution >= 4 is 5.78 Å². The predicted octanol–water partition coefficient (Wildman–Crippen LogP) is 3.37. The highest BCUT2D eigenvalue weighted by molar-refractivity contribution is 5.92. The Balaban J connectivity index is 2.93. The van der Waals surface area contributed by atoms with E-state index in [4.69, 9.17) is 0 Å². The fourth-order valence-corrected chi connectivity index (χ4v) is 2.45. The topological polar surface area (TPSA) is 17.1 Å². The van der Waals surface area contributed by atoms with Gasteiger partial charge in [-0.15, -0.1) is 0 Å². The molecule has 0 radical (unpaired) electrons. The van der Waals surface area contributed by atoms with Gasteiger partial charge in [-0.3, -0.25) is 4.79 Å². The molecule has 0 aromatic rings. The molecule has 0 saturated heterocycles. The molecule has 1 aliphatic carbocycles. The second kappa shape index (κ2) is 4.12. The molecular weight excluding hydrogens is 172 g/mol. The minimum atomic E-state index is 0.102. The average Bonchev–Trinajstić information content (AvgIpc) is 2.02. The maximum absolute atomic E-state index is 11.9. The minimum absolute atomic E-state index is 0.102. The lowest BCUT2D eigenvalue weighted by Gasteiger charge is -2.38. The smallest absolute Gasteiger partial charge is 0.159 e. The molecule has 0 amide bonds. The Morgan fingerprint density at radius 2 is 2.14 bits per heavy atom. The average molecular weight is 192 g/mol. The van der Waals surface area contributed by atoms with Gasteiger partial charge in [0, 0.05) is 5.92 Å². The molecule has 0 aromatic heterocycles.